The van der Waals surface area contributed by atoms with Crippen LogP contribution in [-0.4, -0.2) is 17.7 Å². The largest absolute Gasteiger partial charge is 0.586 e. The molecular weight excluding hydrogens is 246 g/mol. The van der Waals surface area contributed by atoms with Gasteiger partial charge in [-0.1, -0.05) is 0 Å². The molecule has 3 N–H and O–H groups in total. The van der Waals surface area contributed by atoms with Gasteiger partial charge in [0, 0.05) is 11.8 Å². The molecule has 1 heterocycles. The average molecular weight is 256 g/mol. The SMILES string of the molecule is NC1(C(=O)Nc2ccc3c(c2)OC(F)(F)O3)CC1. The zero-order chi connectivity index (χ0) is 13.0. The number of benzene rings is 1. The Morgan fingerprint density at radius 1 is 1.28 bits per heavy atom. The molecule has 1 aromatic rings. The van der Waals surface area contributed by atoms with E-state index in [9.17, 15) is 13.6 Å². The van der Waals surface area contributed by atoms with Crippen LogP contribution >= 0.6 is 0 Å². The molecule has 96 valence electrons. The number of fused-ring (bicyclic) bond motifs is 1. The van der Waals surface area contributed by atoms with E-state index < -0.39 is 11.8 Å². The Balaban J connectivity index is 1.78. The van der Waals surface area contributed by atoms with Crippen LogP contribution in [0.25, 0.3) is 0 Å². The van der Waals surface area contributed by atoms with Crippen molar-refractivity contribution in [3.63, 3.8) is 0 Å². The number of halogens is 2. The molecule has 1 fully saturated rings. The van der Waals surface area contributed by atoms with Gasteiger partial charge in [-0.05, 0) is 25.0 Å². The van der Waals surface area contributed by atoms with E-state index in [2.05, 4.69) is 14.8 Å². The van der Waals surface area contributed by atoms with Gasteiger partial charge in [-0.3, -0.25) is 4.79 Å². The predicted molar refractivity (Wildman–Crippen MR) is 57.4 cm³/mol. The minimum Gasteiger partial charge on any atom is -0.395 e. The molecule has 18 heavy (non-hydrogen) atoms. The van der Waals surface area contributed by atoms with Crippen molar-refractivity contribution < 1.29 is 23.0 Å². The molecule has 1 aliphatic heterocycles. The zero-order valence-electron chi connectivity index (χ0n) is 9.20. The summed E-state index contributed by atoms with van der Waals surface area (Å²) in [7, 11) is 0. The lowest BCUT2D eigenvalue weighted by Crippen LogP contribution is -2.37. The van der Waals surface area contributed by atoms with E-state index in [1.807, 2.05) is 0 Å². The third-order valence-corrected chi connectivity index (χ3v) is 2.90. The molecule has 0 saturated heterocycles. The topological polar surface area (TPSA) is 73.6 Å². The van der Waals surface area contributed by atoms with Gasteiger partial charge < -0.3 is 20.5 Å². The van der Waals surface area contributed by atoms with E-state index in [0.717, 1.165) is 0 Å². The first kappa shape index (κ1) is 11.2. The minimum absolute atomic E-state index is 0.0631. The number of hydrogen-bond acceptors (Lipinski definition) is 4. The maximum atomic E-state index is 12.8. The number of carbonyl (C=O) groups excluding carboxylic acids is 1. The van der Waals surface area contributed by atoms with Crippen molar-refractivity contribution in [1.82, 2.24) is 0 Å². The van der Waals surface area contributed by atoms with Crippen molar-refractivity contribution in [3.8, 4) is 11.5 Å². The van der Waals surface area contributed by atoms with Crippen LogP contribution in [-0.2, 0) is 4.79 Å². The van der Waals surface area contributed by atoms with E-state index >= 15 is 0 Å². The smallest absolute Gasteiger partial charge is 0.395 e. The second kappa shape index (κ2) is 3.32. The molecule has 0 atom stereocenters. The molecule has 1 aromatic carbocycles. The highest BCUT2D eigenvalue weighted by Crippen LogP contribution is 2.42. The highest BCUT2D eigenvalue weighted by atomic mass is 19.3. The number of nitrogens with two attached hydrogens (primary N) is 1. The average Bonchev–Trinajstić information content (AvgIpc) is 2.93. The molecule has 1 amide bonds. The summed E-state index contributed by atoms with van der Waals surface area (Å²) in [5, 5.41) is 2.56. The Morgan fingerprint density at radius 2 is 1.94 bits per heavy atom. The molecule has 1 saturated carbocycles. The highest BCUT2D eigenvalue weighted by Gasteiger charge is 2.46. The Labute approximate surface area is 101 Å². The lowest BCUT2D eigenvalue weighted by Gasteiger charge is -2.10. The van der Waals surface area contributed by atoms with Crippen LogP contribution in [0.4, 0.5) is 14.5 Å². The maximum absolute atomic E-state index is 12.8. The van der Waals surface area contributed by atoms with Gasteiger partial charge in [0.05, 0.1) is 5.54 Å². The molecule has 0 aromatic heterocycles. The summed E-state index contributed by atoms with van der Waals surface area (Å²) in [6, 6.07) is 4.04. The van der Waals surface area contributed by atoms with Crippen LogP contribution in [0.2, 0.25) is 0 Å². The molecule has 0 bridgehead atoms. The number of nitrogens with one attached hydrogen (secondary N) is 1. The van der Waals surface area contributed by atoms with Gasteiger partial charge in [0.15, 0.2) is 11.5 Å². The number of ether oxygens (including phenoxy) is 2. The second-order valence-corrected chi connectivity index (χ2v) is 4.44. The van der Waals surface area contributed by atoms with E-state index in [1.165, 1.54) is 18.2 Å². The van der Waals surface area contributed by atoms with Crippen molar-refractivity contribution >= 4 is 11.6 Å². The lowest BCUT2D eigenvalue weighted by atomic mass is 10.2. The fourth-order valence-corrected chi connectivity index (χ4v) is 1.64. The van der Waals surface area contributed by atoms with Crippen molar-refractivity contribution in [2.45, 2.75) is 24.7 Å². The standard InChI is InChI=1S/C11H10F2N2O3/c12-11(13)17-7-2-1-6(5-8(7)18-11)15-9(16)10(14)3-4-10/h1-2,5H,3-4,14H2,(H,15,16). The molecule has 0 unspecified atom stereocenters. The van der Waals surface area contributed by atoms with Gasteiger partial charge in [0.1, 0.15) is 0 Å². The highest BCUT2D eigenvalue weighted by molar-refractivity contribution is 6.00. The van der Waals surface area contributed by atoms with Crippen molar-refractivity contribution in [3.05, 3.63) is 18.2 Å². The first-order chi connectivity index (χ1) is 8.38. The summed E-state index contributed by atoms with van der Waals surface area (Å²) >= 11 is 0. The van der Waals surface area contributed by atoms with Crippen molar-refractivity contribution in [2.24, 2.45) is 5.73 Å². The summed E-state index contributed by atoms with van der Waals surface area (Å²) in [6.07, 6.45) is -2.40. The number of amides is 1. The van der Waals surface area contributed by atoms with Gasteiger partial charge in [0.2, 0.25) is 5.91 Å². The van der Waals surface area contributed by atoms with E-state index in [-0.39, 0.29) is 17.4 Å². The van der Waals surface area contributed by atoms with Crippen LogP contribution < -0.4 is 20.5 Å². The third-order valence-electron chi connectivity index (χ3n) is 2.90. The van der Waals surface area contributed by atoms with Gasteiger partial charge >= 0.3 is 6.29 Å². The number of rotatable bonds is 2. The zero-order valence-corrected chi connectivity index (χ0v) is 9.20. The molecule has 0 radical (unpaired) electrons. The Morgan fingerprint density at radius 3 is 2.61 bits per heavy atom. The second-order valence-electron chi connectivity index (χ2n) is 4.44. The van der Waals surface area contributed by atoms with E-state index in [0.29, 0.717) is 18.5 Å². The van der Waals surface area contributed by atoms with Crippen LogP contribution in [0.15, 0.2) is 18.2 Å². The lowest BCUT2D eigenvalue weighted by molar-refractivity contribution is -0.286. The summed E-state index contributed by atoms with van der Waals surface area (Å²) in [4.78, 5) is 11.7. The van der Waals surface area contributed by atoms with Crippen LogP contribution in [0, 0.1) is 0 Å². The molecular formula is C11H10F2N2O3. The normalized spacial score (nSPS) is 21.5. The molecule has 7 heteroatoms. The summed E-state index contributed by atoms with van der Waals surface area (Å²) in [6.45, 7) is 0. The van der Waals surface area contributed by atoms with Crippen LogP contribution in [0.1, 0.15) is 12.8 Å². The number of alkyl halides is 2. The molecule has 3 rings (SSSR count). The Kier molecular flexibility index (Phi) is 2.07. The van der Waals surface area contributed by atoms with Crippen molar-refractivity contribution in [1.29, 1.82) is 0 Å². The fraction of sp³-hybridized carbons (Fsp3) is 0.364. The first-order valence-corrected chi connectivity index (χ1v) is 5.38. The number of hydrogen-bond donors (Lipinski definition) is 2. The minimum atomic E-state index is -3.66. The van der Waals surface area contributed by atoms with E-state index in [4.69, 9.17) is 5.73 Å². The van der Waals surface area contributed by atoms with Gasteiger partial charge in [0.25, 0.3) is 0 Å². The number of anilines is 1. The predicted octanol–water partition coefficient (Wildman–Crippen LogP) is 1.44. The quantitative estimate of drug-likeness (QED) is 0.839. The maximum Gasteiger partial charge on any atom is 0.586 e. The van der Waals surface area contributed by atoms with E-state index in [1.54, 1.807) is 0 Å². The Hall–Kier alpha value is -1.89. The molecule has 2 aliphatic rings. The van der Waals surface area contributed by atoms with Crippen LogP contribution in [0.5, 0.6) is 11.5 Å². The van der Waals surface area contributed by atoms with Gasteiger partial charge in [-0.2, -0.15) is 0 Å². The van der Waals surface area contributed by atoms with Crippen LogP contribution in [0.3, 0.4) is 0 Å². The monoisotopic (exact) mass is 256 g/mol. The van der Waals surface area contributed by atoms with Crippen molar-refractivity contribution in [2.75, 3.05) is 5.32 Å². The summed E-state index contributed by atoms with van der Waals surface area (Å²) in [5.74, 6) is -0.500. The first-order valence-electron chi connectivity index (χ1n) is 5.38. The summed E-state index contributed by atoms with van der Waals surface area (Å²) in [5.41, 5.74) is 5.23. The third kappa shape index (κ3) is 1.86. The molecule has 5 nitrogen and oxygen atoms in total. The Bertz CT molecular complexity index is 529. The summed E-state index contributed by atoms with van der Waals surface area (Å²) < 4.78 is 34.1. The fourth-order valence-electron chi connectivity index (χ4n) is 1.64. The molecule has 1 aliphatic carbocycles. The number of carbonyl (C=O) groups is 1. The van der Waals surface area contributed by atoms with Gasteiger partial charge in [-0.25, -0.2) is 0 Å². The molecule has 0 spiro atoms. The van der Waals surface area contributed by atoms with Gasteiger partial charge in [-0.15, -0.1) is 8.78 Å².